The van der Waals surface area contributed by atoms with E-state index >= 15 is 0 Å². The molecule has 0 atom stereocenters. The van der Waals surface area contributed by atoms with Crippen molar-refractivity contribution in [3.8, 4) is 10.6 Å². The number of hydrogen-bond donors (Lipinski definition) is 1. The van der Waals surface area contributed by atoms with E-state index in [-0.39, 0.29) is 5.69 Å². The lowest BCUT2D eigenvalue weighted by Gasteiger charge is -1.93. The van der Waals surface area contributed by atoms with Crippen LogP contribution >= 0.6 is 22.9 Å². The van der Waals surface area contributed by atoms with Gasteiger partial charge >= 0.3 is 0 Å². The Labute approximate surface area is 109 Å². The fourth-order valence-corrected chi connectivity index (χ4v) is 2.61. The zero-order valence-corrected chi connectivity index (χ0v) is 10.3. The number of thiazole rings is 1. The number of aromatic amines is 1. The number of nitrogens with zero attached hydrogens (tertiary/aromatic N) is 3. The molecule has 0 radical (unpaired) electrons. The Hall–Kier alpha value is -1.99. The number of benzene rings is 1. The molecule has 0 fully saturated rings. The number of nitro groups is 1. The Bertz CT molecular complexity index is 751. The zero-order chi connectivity index (χ0) is 12.7. The number of hydrogen-bond acceptors (Lipinski definition) is 5. The summed E-state index contributed by atoms with van der Waals surface area (Å²) in [6.45, 7) is 0. The van der Waals surface area contributed by atoms with E-state index in [0.717, 1.165) is 10.4 Å². The molecule has 0 aliphatic heterocycles. The summed E-state index contributed by atoms with van der Waals surface area (Å²) in [6.07, 6.45) is 1.60. The standard InChI is InChI=1S/C10H5ClN4O2S/c11-10-12-4-8(18-10)9-6-3-5(15(16)17)1-2-7(6)13-14-9/h1-4H,(H,13,14). The second kappa shape index (κ2) is 4.04. The van der Waals surface area contributed by atoms with Crippen LogP contribution < -0.4 is 0 Å². The maximum Gasteiger partial charge on any atom is 0.270 e. The molecule has 0 amide bonds. The van der Waals surface area contributed by atoms with Crippen LogP contribution in [0.3, 0.4) is 0 Å². The first-order chi connectivity index (χ1) is 8.65. The van der Waals surface area contributed by atoms with Gasteiger partial charge < -0.3 is 0 Å². The highest BCUT2D eigenvalue weighted by Gasteiger charge is 2.14. The molecule has 0 spiro atoms. The predicted octanol–water partition coefficient (Wildman–Crippen LogP) is 3.25. The summed E-state index contributed by atoms with van der Waals surface area (Å²) < 4.78 is 0.409. The van der Waals surface area contributed by atoms with E-state index < -0.39 is 4.92 Å². The molecule has 3 rings (SSSR count). The predicted molar refractivity (Wildman–Crippen MR) is 68.9 cm³/mol. The summed E-state index contributed by atoms with van der Waals surface area (Å²) >= 11 is 7.05. The van der Waals surface area contributed by atoms with Gasteiger partial charge in [0.1, 0.15) is 5.69 Å². The monoisotopic (exact) mass is 280 g/mol. The van der Waals surface area contributed by atoms with Crippen molar-refractivity contribution in [3.05, 3.63) is 39.0 Å². The molecule has 0 aliphatic rings. The second-order valence-electron chi connectivity index (χ2n) is 3.54. The summed E-state index contributed by atoms with van der Waals surface area (Å²) in [5.41, 5.74) is 1.39. The molecule has 18 heavy (non-hydrogen) atoms. The van der Waals surface area contributed by atoms with Crippen LogP contribution in [0, 0.1) is 10.1 Å². The minimum Gasteiger partial charge on any atom is -0.277 e. The van der Waals surface area contributed by atoms with E-state index in [0.29, 0.717) is 15.5 Å². The third kappa shape index (κ3) is 1.73. The van der Waals surface area contributed by atoms with Crippen molar-refractivity contribution in [1.82, 2.24) is 15.2 Å². The van der Waals surface area contributed by atoms with Gasteiger partial charge in [-0.2, -0.15) is 5.10 Å². The minimum absolute atomic E-state index is 0.0285. The molecule has 0 saturated heterocycles. The van der Waals surface area contributed by atoms with Gasteiger partial charge in [-0.05, 0) is 6.07 Å². The molecule has 0 bridgehead atoms. The van der Waals surface area contributed by atoms with Crippen LogP contribution in [0.4, 0.5) is 5.69 Å². The van der Waals surface area contributed by atoms with Crippen LogP contribution in [0.1, 0.15) is 0 Å². The molecule has 2 heterocycles. The van der Waals surface area contributed by atoms with Crippen LogP contribution in [-0.2, 0) is 0 Å². The summed E-state index contributed by atoms with van der Waals surface area (Å²) in [4.78, 5) is 15.0. The lowest BCUT2D eigenvalue weighted by Crippen LogP contribution is -1.86. The summed E-state index contributed by atoms with van der Waals surface area (Å²) in [7, 11) is 0. The Kier molecular flexibility index (Phi) is 2.49. The third-order valence-corrected chi connectivity index (χ3v) is 3.59. The number of nitro benzene ring substituents is 1. The van der Waals surface area contributed by atoms with Gasteiger partial charge in [0.25, 0.3) is 5.69 Å². The largest absolute Gasteiger partial charge is 0.277 e. The first kappa shape index (κ1) is 11.1. The lowest BCUT2D eigenvalue weighted by molar-refractivity contribution is -0.384. The molecule has 1 N–H and O–H groups in total. The average molecular weight is 281 g/mol. The molecule has 3 aromatic rings. The Morgan fingerprint density at radius 2 is 2.28 bits per heavy atom. The first-order valence-electron chi connectivity index (χ1n) is 4.89. The highest BCUT2D eigenvalue weighted by Crippen LogP contribution is 2.33. The number of halogens is 1. The summed E-state index contributed by atoms with van der Waals surface area (Å²) in [6, 6.07) is 4.55. The Morgan fingerprint density at radius 1 is 1.44 bits per heavy atom. The smallest absolute Gasteiger partial charge is 0.270 e. The topological polar surface area (TPSA) is 84.7 Å². The molecule has 8 heteroatoms. The molecular weight excluding hydrogens is 276 g/mol. The van der Waals surface area contributed by atoms with Gasteiger partial charge in [0, 0.05) is 23.7 Å². The van der Waals surface area contributed by atoms with Crippen molar-refractivity contribution < 1.29 is 4.92 Å². The maximum absolute atomic E-state index is 10.8. The van der Waals surface area contributed by atoms with Gasteiger partial charge in [-0.1, -0.05) is 11.6 Å². The third-order valence-electron chi connectivity index (χ3n) is 2.47. The lowest BCUT2D eigenvalue weighted by atomic mass is 10.2. The van der Waals surface area contributed by atoms with Crippen LogP contribution in [0.25, 0.3) is 21.5 Å². The average Bonchev–Trinajstić information content (AvgIpc) is 2.93. The Balaban J connectivity index is 2.23. The van der Waals surface area contributed by atoms with Crippen LogP contribution in [-0.4, -0.2) is 20.1 Å². The van der Waals surface area contributed by atoms with Gasteiger partial charge in [-0.3, -0.25) is 15.2 Å². The molecule has 0 saturated carbocycles. The van der Waals surface area contributed by atoms with E-state index in [9.17, 15) is 10.1 Å². The van der Waals surface area contributed by atoms with Crippen LogP contribution in [0.5, 0.6) is 0 Å². The molecule has 0 aliphatic carbocycles. The van der Waals surface area contributed by atoms with Crippen molar-refractivity contribution >= 4 is 39.5 Å². The highest BCUT2D eigenvalue weighted by atomic mass is 35.5. The summed E-state index contributed by atoms with van der Waals surface area (Å²) in [5.74, 6) is 0. The molecule has 90 valence electrons. The number of rotatable bonds is 2. The summed E-state index contributed by atoms with van der Waals surface area (Å²) in [5, 5.41) is 18.4. The van der Waals surface area contributed by atoms with Crippen molar-refractivity contribution in [2.45, 2.75) is 0 Å². The minimum atomic E-state index is -0.435. The fourth-order valence-electron chi connectivity index (χ4n) is 1.67. The SMILES string of the molecule is O=[N+]([O-])c1ccc2[nH]nc(-c3cnc(Cl)s3)c2c1. The van der Waals surface area contributed by atoms with E-state index in [4.69, 9.17) is 11.6 Å². The number of aromatic nitrogens is 3. The van der Waals surface area contributed by atoms with Gasteiger partial charge in [0.15, 0.2) is 4.47 Å². The van der Waals surface area contributed by atoms with Crippen LogP contribution in [0.15, 0.2) is 24.4 Å². The van der Waals surface area contributed by atoms with E-state index in [1.165, 1.54) is 23.5 Å². The van der Waals surface area contributed by atoms with Crippen molar-refractivity contribution in [1.29, 1.82) is 0 Å². The normalized spacial score (nSPS) is 10.9. The van der Waals surface area contributed by atoms with Crippen LogP contribution in [0.2, 0.25) is 4.47 Å². The second-order valence-corrected chi connectivity index (χ2v) is 5.15. The van der Waals surface area contributed by atoms with Gasteiger partial charge in [-0.25, -0.2) is 4.98 Å². The molecule has 0 unspecified atom stereocenters. The van der Waals surface area contributed by atoms with E-state index in [1.54, 1.807) is 12.3 Å². The van der Waals surface area contributed by atoms with Crippen molar-refractivity contribution in [2.24, 2.45) is 0 Å². The van der Waals surface area contributed by atoms with Crippen molar-refractivity contribution in [2.75, 3.05) is 0 Å². The maximum atomic E-state index is 10.8. The van der Waals surface area contributed by atoms with E-state index in [1.807, 2.05) is 0 Å². The number of H-pyrrole nitrogens is 1. The Morgan fingerprint density at radius 3 is 2.94 bits per heavy atom. The fraction of sp³-hybridized carbons (Fsp3) is 0. The zero-order valence-electron chi connectivity index (χ0n) is 8.75. The highest BCUT2D eigenvalue weighted by molar-refractivity contribution is 7.18. The molecule has 1 aromatic carbocycles. The van der Waals surface area contributed by atoms with Gasteiger partial charge in [0.05, 0.1) is 15.3 Å². The van der Waals surface area contributed by atoms with Crippen molar-refractivity contribution in [3.63, 3.8) is 0 Å². The molecular formula is C10H5ClN4O2S. The number of non-ortho nitro benzene ring substituents is 1. The van der Waals surface area contributed by atoms with E-state index in [2.05, 4.69) is 15.2 Å². The number of nitrogens with one attached hydrogen (secondary N) is 1. The molecule has 6 nitrogen and oxygen atoms in total. The number of fused-ring (bicyclic) bond motifs is 1. The van der Waals surface area contributed by atoms with Gasteiger partial charge in [0.2, 0.25) is 0 Å². The first-order valence-corrected chi connectivity index (χ1v) is 6.09. The molecule has 2 aromatic heterocycles. The quantitative estimate of drug-likeness (QED) is 0.577. The van der Waals surface area contributed by atoms with Gasteiger partial charge in [-0.15, -0.1) is 11.3 Å².